The molecule has 5 nitrogen and oxygen atoms in total. The minimum atomic E-state index is 0.260. The Kier molecular flexibility index (Phi) is 4.23. The molecule has 1 saturated carbocycles. The SMILES string of the molecule is CCCC1CC(=O)N(Cc2nc3sc(C4CC4)nn3c2-c2ccccc2)C1. The Morgan fingerprint density at radius 2 is 2.04 bits per heavy atom. The van der Waals surface area contributed by atoms with Crippen molar-refractivity contribution in [2.45, 2.75) is 51.5 Å². The zero-order valence-corrected chi connectivity index (χ0v) is 16.4. The lowest BCUT2D eigenvalue weighted by Crippen LogP contribution is -2.25. The number of nitrogens with zero attached hydrogens (tertiary/aromatic N) is 4. The third kappa shape index (κ3) is 3.16. The first kappa shape index (κ1) is 16.9. The van der Waals surface area contributed by atoms with Gasteiger partial charge < -0.3 is 4.90 Å². The molecule has 1 aromatic carbocycles. The number of amides is 1. The number of hydrogen-bond acceptors (Lipinski definition) is 4. The van der Waals surface area contributed by atoms with Gasteiger partial charge in [0.2, 0.25) is 10.9 Å². The molecule has 2 fully saturated rings. The van der Waals surface area contributed by atoms with Crippen molar-refractivity contribution in [2.75, 3.05) is 6.54 Å². The van der Waals surface area contributed by atoms with Crippen molar-refractivity contribution < 1.29 is 4.79 Å². The number of benzene rings is 1. The summed E-state index contributed by atoms with van der Waals surface area (Å²) >= 11 is 1.70. The molecule has 0 radical (unpaired) electrons. The highest BCUT2D eigenvalue weighted by atomic mass is 32.1. The predicted molar refractivity (Wildman–Crippen MR) is 107 cm³/mol. The topological polar surface area (TPSA) is 50.5 Å². The standard InChI is InChI=1S/C21H24N4OS/c1-2-6-14-11-18(26)24(12-14)13-17-19(15-7-4-3-5-8-15)25-21(22-17)27-20(23-25)16-9-10-16/h3-5,7-8,14,16H,2,6,9-13H2,1H3. The predicted octanol–water partition coefficient (Wildman–Crippen LogP) is 4.48. The minimum Gasteiger partial charge on any atom is -0.336 e. The summed E-state index contributed by atoms with van der Waals surface area (Å²) in [6, 6.07) is 10.3. The summed E-state index contributed by atoms with van der Waals surface area (Å²) in [7, 11) is 0. The van der Waals surface area contributed by atoms with Crippen molar-refractivity contribution in [3.63, 3.8) is 0 Å². The van der Waals surface area contributed by atoms with E-state index in [-0.39, 0.29) is 5.91 Å². The third-order valence-corrected chi connectivity index (χ3v) is 6.67. The van der Waals surface area contributed by atoms with E-state index >= 15 is 0 Å². The Morgan fingerprint density at radius 3 is 2.78 bits per heavy atom. The van der Waals surface area contributed by atoms with E-state index < -0.39 is 0 Å². The van der Waals surface area contributed by atoms with Gasteiger partial charge in [0.15, 0.2) is 0 Å². The zero-order valence-electron chi connectivity index (χ0n) is 15.6. The minimum absolute atomic E-state index is 0.260. The lowest BCUT2D eigenvalue weighted by atomic mass is 10.0. The van der Waals surface area contributed by atoms with Crippen LogP contribution in [-0.4, -0.2) is 31.9 Å². The molecule has 1 unspecified atom stereocenters. The van der Waals surface area contributed by atoms with Crippen LogP contribution in [0.3, 0.4) is 0 Å². The van der Waals surface area contributed by atoms with E-state index in [0.29, 0.717) is 24.8 Å². The van der Waals surface area contributed by atoms with Gasteiger partial charge in [-0.2, -0.15) is 5.10 Å². The molecule has 1 atom stereocenters. The van der Waals surface area contributed by atoms with Crippen molar-refractivity contribution in [3.8, 4) is 11.3 Å². The molecule has 0 N–H and O–H groups in total. The first-order valence-corrected chi connectivity index (χ1v) is 10.8. The molecule has 5 rings (SSSR count). The summed E-state index contributed by atoms with van der Waals surface area (Å²) in [5, 5.41) is 6.07. The molecule has 2 aliphatic rings. The van der Waals surface area contributed by atoms with E-state index in [4.69, 9.17) is 10.1 Å². The maximum absolute atomic E-state index is 12.5. The number of carbonyl (C=O) groups is 1. The molecule has 140 valence electrons. The van der Waals surface area contributed by atoms with Gasteiger partial charge >= 0.3 is 0 Å². The molecule has 0 bridgehead atoms. The smallest absolute Gasteiger partial charge is 0.223 e. The Hall–Kier alpha value is -2.21. The number of rotatable bonds is 6. The van der Waals surface area contributed by atoms with Gasteiger partial charge in [0, 0.05) is 24.4 Å². The van der Waals surface area contributed by atoms with Crippen molar-refractivity contribution in [3.05, 3.63) is 41.0 Å². The zero-order chi connectivity index (χ0) is 18.4. The molecule has 1 aliphatic heterocycles. The average molecular weight is 381 g/mol. The number of likely N-dealkylation sites (tertiary alicyclic amines) is 1. The second-order valence-electron chi connectivity index (χ2n) is 7.82. The summed E-state index contributed by atoms with van der Waals surface area (Å²) in [4.78, 5) is 20.3. The number of hydrogen-bond donors (Lipinski definition) is 0. The molecular weight excluding hydrogens is 356 g/mol. The molecule has 27 heavy (non-hydrogen) atoms. The highest BCUT2D eigenvalue weighted by Gasteiger charge is 2.32. The van der Waals surface area contributed by atoms with E-state index in [1.165, 1.54) is 17.8 Å². The first-order valence-electron chi connectivity index (χ1n) is 9.94. The number of aromatic nitrogens is 3. The van der Waals surface area contributed by atoms with Crippen LogP contribution in [0.1, 0.15) is 55.6 Å². The van der Waals surface area contributed by atoms with Crippen molar-refractivity contribution in [1.82, 2.24) is 19.5 Å². The lowest BCUT2D eigenvalue weighted by molar-refractivity contribution is -0.128. The van der Waals surface area contributed by atoms with E-state index in [0.717, 1.165) is 41.3 Å². The molecular formula is C21H24N4OS. The summed E-state index contributed by atoms with van der Waals surface area (Å²) in [5.74, 6) is 1.38. The maximum atomic E-state index is 12.5. The van der Waals surface area contributed by atoms with E-state index in [1.54, 1.807) is 11.3 Å². The molecule has 1 aliphatic carbocycles. The number of carbonyl (C=O) groups excluding carboxylic acids is 1. The second-order valence-corrected chi connectivity index (χ2v) is 8.80. The molecule has 6 heteroatoms. The van der Waals surface area contributed by atoms with Gasteiger partial charge in [0.05, 0.1) is 17.9 Å². The fourth-order valence-electron chi connectivity index (χ4n) is 4.08. The van der Waals surface area contributed by atoms with Crippen LogP contribution in [0.25, 0.3) is 16.2 Å². The third-order valence-electron chi connectivity index (χ3n) is 5.60. The number of fused-ring (bicyclic) bond motifs is 1. The van der Waals surface area contributed by atoms with Gasteiger partial charge in [-0.3, -0.25) is 4.79 Å². The van der Waals surface area contributed by atoms with Crippen LogP contribution < -0.4 is 0 Å². The van der Waals surface area contributed by atoms with Crippen LogP contribution in [0, 0.1) is 5.92 Å². The molecule has 3 heterocycles. The van der Waals surface area contributed by atoms with Gasteiger partial charge in [-0.25, -0.2) is 9.50 Å². The summed E-state index contributed by atoms with van der Waals surface area (Å²) in [5.41, 5.74) is 3.12. The van der Waals surface area contributed by atoms with Crippen LogP contribution in [0.5, 0.6) is 0 Å². The van der Waals surface area contributed by atoms with Crippen molar-refractivity contribution in [1.29, 1.82) is 0 Å². The van der Waals surface area contributed by atoms with Crippen LogP contribution in [-0.2, 0) is 11.3 Å². The van der Waals surface area contributed by atoms with Gasteiger partial charge in [-0.1, -0.05) is 55.0 Å². The van der Waals surface area contributed by atoms with Crippen LogP contribution in [0.2, 0.25) is 0 Å². The molecule has 0 spiro atoms. The van der Waals surface area contributed by atoms with Gasteiger partial charge in [-0.15, -0.1) is 0 Å². The van der Waals surface area contributed by atoms with Crippen molar-refractivity contribution >= 4 is 22.2 Å². The van der Waals surface area contributed by atoms with Crippen LogP contribution in [0.4, 0.5) is 0 Å². The van der Waals surface area contributed by atoms with Crippen molar-refractivity contribution in [2.24, 2.45) is 5.92 Å². The van der Waals surface area contributed by atoms with E-state index in [9.17, 15) is 4.79 Å². The van der Waals surface area contributed by atoms with Crippen LogP contribution in [0.15, 0.2) is 30.3 Å². The maximum Gasteiger partial charge on any atom is 0.223 e. The van der Waals surface area contributed by atoms with Crippen LogP contribution >= 0.6 is 11.3 Å². The Bertz CT molecular complexity index is 973. The lowest BCUT2D eigenvalue weighted by Gasteiger charge is -2.16. The molecule has 1 amide bonds. The van der Waals surface area contributed by atoms with E-state index in [2.05, 4.69) is 19.1 Å². The van der Waals surface area contributed by atoms with Gasteiger partial charge in [-0.05, 0) is 25.2 Å². The Balaban J connectivity index is 1.52. The Labute approximate surface area is 163 Å². The average Bonchev–Trinajstić information content (AvgIpc) is 3.24. The highest BCUT2D eigenvalue weighted by Crippen LogP contribution is 2.42. The highest BCUT2D eigenvalue weighted by molar-refractivity contribution is 7.16. The summed E-state index contributed by atoms with van der Waals surface area (Å²) in [6.07, 6.45) is 5.42. The van der Waals surface area contributed by atoms with E-state index in [1.807, 2.05) is 27.6 Å². The normalized spacial score (nSPS) is 20.1. The quantitative estimate of drug-likeness (QED) is 0.633. The molecule has 3 aromatic rings. The van der Waals surface area contributed by atoms with Gasteiger partial charge in [0.25, 0.3) is 0 Å². The fourth-order valence-corrected chi connectivity index (χ4v) is 5.17. The molecule has 2 aromatic heterocycles. The number of imidazole rings is 1. The Morgan fingerprint density at radius 1 is 1.22 bits per heavy atom. The fraction of sp³-hybridized carbons (Fsp3) is 0.476. The second kappa shape index (κ2) is 6.75. The summed E-state index contributed by atoms with van der Waals surface area (Å²) < 4.78 is 2.01. The largest absolute Gasteiger partial charge is 0.336 e. The van der Waals surface area contributed by atoms with Gasteiger partial charge in [0.1, 0.15) is 5.01 Å². The molecule has 1 saturated heterocycles. The first-order chi connectivity index (χ1) is 13.2. The monoisotopic (exact) mass is 380 g/mol. The summed E-state index contributed by atoms with van der Waals surface area (Å²) in [6.45, 7) is 3.62.